The third-order valence-electron chi connectivity index (χ3n) is 15.3. The number of aryl methyl sites for hydroxylation is 4. The highest BCUT2D eigenvalue weighted by Gasteiger charge is 2.31. The quantitative estimate of drug-likeness (QED) is 0.0160. The molecule has 22 nitrogen and oxygen atoms in total. The molecule has 2 amide bonds. The van der Waals surface area contributed by atoms with Crippen LogP contribution in [0.5, 0.6) is 23.0 Å². The van der Waals surface area contributed by atoms with Gasteiger partial charge < -0.3 is 57.5 Å². The first kappa shape index (κ1) is 68.5. The molecule has 0 fully saturated rings. The Labute approximate surface area is 512 Å². The molecule has 87 heavy (non-hydrogen) atoms. The van der Waals surface area contributed by atoms with E-state index in [1.807, 2.05) is 88.4 Å². The summed E-state index contributed by atoms with van der Waals surface area (Å²) in [7, 11) is 0. The number of carbonyl (C=O) groups excluding carboxylic acids is 4. The van der Waals surface area contributed by atoms with Gasteiger partial charge in [0.1, 0.15) is 37.7 Å². The van der Waals surface area contributed by atoms with Crippen LogP contribution in [-0.4, -0.2) is 155 Å². The predicted octanol–water partition coefficient (Wildman–Crippen LogP) is 8.90. The van der Waals surface area contributed by atoms with Crippen molar-refractivity contribution in [2.75, 3.05) is 103 Å². The molecule has 2 N–H and O–H groups in total. The Balaban J connectivity index is 0.846. The normalized spacial score (nSPS) is 11.8. The Morgan fingerprint density at radius 1 is 0.506 bits per heavy atom. The van der Waals surface area contributed by atoms with E-state index in [-0.39, 0.29) is 43.5 Å². The summed E-state index contributed by atoms with van der Waals surface area (Å²) in [5, 5.41) is 23.3. The third-order valence-corrected chi connectivity index (χ3v) is 15.3. The highest BCUT2D eigenvalue weighted by molar-refractivity contribution is 5.94. The molecule has 0 saturated carbocycles. The number of para-hydroxylation sites is 2. The van der Waals surface area contributed by atoms with Crippen molar-refractivity contribution >= 4 is 35.1 Å². The van der Waals surface area contributed by atoms with E-state index in [9.17, 15) is 19.2 Å². The number of quaternary nitrogens is 2. The van der Waals surface area contributed by atoms with Crippen LogP contribution in [0.2, 0.25) is 0 Å². The zero-order chi connectivity index (χ0) is 63.0. The fourth-order valence-electron chi connectivity index (χ4n) is 10.0. The molecule has 22 heteroatoms. The third kappa shape index (κ3) is 21.9. The van der Waals surface area contributed by atoms with Crippen LogP contribution >= 0.6 is 0 Å². The van der Waals surface area contributed by atoms with E-state index in [0.717, 1.165) is 70.9 Å². The maximum atomic E-state index is 13.4. The van der Waals surface area contributed by atoms with Crippen molar-refractivity contribution in [3.63, 3.8) is 0 Å². The minimum Gasteiger partial charge on any atom is -0.483 e. The van der Waals surface area contributed by atoms with E-state index in [4.69, 9.17) is 37.9 Å². The standard InChI is InChI=1S/C65H90N10O12/c1-13-74(14-2,41-61(78)66-63-47(5)19-17-20-48(63)6)39-53-23-25-57(86-51(9)76)59(35-53)84-43-55-37-72(70-68-55)27-29-80-31-33-82-45-65(11,12)46-83-34-32-81-30-28-73-38-56(69-71-73)44-85-60-36-54(24-26-58(60)87-52(10)77)40-75(15-3,16-4)42-62(79)67-64-49(7)21-18-22-50(64)8/h17-26,35-38H,13-16,27-34,39-46H2,1-12H3/p+2. The highest BCUT2D eigenvalue weighted by Crippen LogP contribution is 2.33. The second-order valence-electron chi connectivity index (χ2n) is 23.0. The Bertz CT molecular complexity index is 2940. The van der Waals surface area contributed by atoms with Crippen LogP contribution in [0.15, 0.2) is 85.2 Å². The summed E-state index contributed by atoms with van der Waals surface area (Å²) in [6.07, 6.45) is 3.57. The number of hydrogen-bond donors (Lipinski definition) is 2. The summed E-state index contributed by atoms with van der Waals surface area (Å²) >= 11 is 0. The second kappa shape index (κ2) is 33.5. The van der Waals surface area contributed by atoms with Gasteiger partial charge in [-0.2, -0.15) is 0 Å². The van der Waals surface area contributed by atoms with E-state index >= 15 is 0 Å². The molecule has 0 radical (unpaired) electrons. The van der Waals surface area contributed by atoms with E-state index in [1.165, 1.54) is 13.8 Å². The monoisotopic (exact) mass is 1200 g/mol. The van der Waals surface area contributed by atoms with Gasteiger partial charge in [0.25, 0.3) is 11.8 Å². The Morgan fingerprint density at radius 2 is 0.874 bits per heavy atom. The van der Waals surface area contributed by atoms with Crippen LogP contribution in [0.1, 0.15) is 100 Å². The molecule has 0 atom stereocenters. The smallest absolute Gasteiger partial charge is 0.308 e. The zero-order valence-corrected chi connectivity index (χ0v) is 53.2. The van der Waals surface area contributed by atoms with Crippen LogP contribution in [0.4, 0.5) is 11.4 Å². The van der Waals surface area contributed by atoms with Gasteiger partial charge in [-0.05, 0) is 114 Å². The Morgan fingerprint density at radius 3 is 1.23 bits per heavy atom. The molecule has 0 aliphatic rings. The van der Waals surface area contributed by atoms with Gasteiger partial charge >= 0.3 is 11.9 Å². The maximum Gasteiger partial charge on any atom is 0.308 e. The molecule has 2 heterocycles. The summed E-state index contributed by atoms with van der Waals surface area (Å²) in [6.45, 7) is 32.3. The van der Waals surface area contributed by atoms with Gasteiger partial charge in [0.05, 0.1) is 105 Å². The highest BCUT2D eigenvalue weighted by atomic mass is 16.6. The number of hydrogen-bond acceptors (Lipinski definition) is 16. The minimum atomic E-state index is -0.468. The van der Waals surface area contributed by atoms with Gasteiger partial charge in [0.2, 0.25) is 0 Å². The van der Waals surface area contributed by atoms with Gasteiger partial charge in [-0.25, -0.2) is 9.36 Å². The number of rotatable bonds is 38. The number of nitrogens with one attached hydrogen (secondary N) is 2. The lowest BCUT2D eigenvalue weighted by Crippen LogP contribution is -2.51. The van der Waals surface area contributed by atoms with Gasteiger partial charge in [-0.15, -0.1) is 10.2 Å². The van der Waals surface area contributed by atoms with Gasteiger partial charge in [0.15, 0.2) is 36.1 Å². The topological polar surface area (TPSA) is 228 Å². The van der Waals surface area contributed by atoms with Crippen molar-refractivity contribution in [3.8, 4) is 23.0 Å². The predicted molar refractivity (Wildman–Crippen MR) is 330 cm³/mol. The molecule has 2 aromatic heterocycles. The van der Waals surface area contributed by atoms with Crippen molar-refractivity contribution in [2.24, 2.45) is 5.41 Å². The lowest BCUT2D eigenvalue weighted by Gasteiger charge is -2.36. The van der Waals surface area contributed by atoms with Crippen LogP contribution in [0.25, 0.3) is 0 Å². The molecule has 6 aromatic rings. The van der Waals surface area contributed by atoms with Crippen molar-refractivity contribution in [3.05, 3.63) is 130 Å². The van der Waals surface area contributed by atoms with Crippen LogP contribution in [0.3, 0.4) is 0 Å². The summed E-state index contributed by atoms with van der Waals surface area (Å²) in [5.41, 5.74) is 8.57. The SMILES string of the molecule is CC[N+](CC)(CC(=O)Nc1c(C)cccc1C)Cc1ccc(OC(C)=O)c(OCc2cn(CCOCCOCC(C)(C)COCCOCCn3cc(COc4cc(C[N+](CC)(CC)CC(=O)Nc5c(C)cccc5C)ccc4OC(C)=O)nn3)nn2)c1. The largest absolute Gasteiger partial charge is 0.483 e. The number of anilines is 2. The summed E-state index contributed by atoms with van der Waals surface area (Å²) in [6, 6.07) is 22.9. The zero-order valence-electron chi connectivity index (χ0n) is 53.2. The van der Waals surface area contributed by atoms with Crippen LogP contribution in [0, 0.1) is 33.1 Å². The van der Waals surface area contributed by atoms with E-state index in [2.05, 4.69) is 72.8 Å². The average Bonchev–Trinajstić information content (AvgIpc) is 2.39. The molecule has 0 unspecified atom stereocenters. The van der Waals surface area contributed by atoms with Crippen molar-refractivity contribution in [1.29, 1.82) is 0 Å². The molecular formula is C65H92N10O12+2. The number of ether oxygens (including phenoxy) is 8. The summed E-state index contributed by atoms with van der Waals surface area (Å²) in [4.78, 5) is 50.9. The Kier molecular flexibility index (Phi) is 26.4. The van der Waals surface area contributed by atoms with Crippen molar-refractivity contribution < 1.29 is 66.0 Å². The number of nitrogens with zero attached hydrogens (tertiary/aromatic N) is 8. The Hall–Kier alpha value is -7.60. The maximum absolute atomic E-state index is 13.4. The number of amides is 2. The van der Waals surface area contributed by atoms with Gasteiger partial charge in [-0.1, -0.05) is 60.7 Å². The van der Waals surface area contributed by atoms with E-state index < -0.39 is 11.9 Å². The van der Waals surface area contributed by atoms with Crippen molar-refractivity contribution in [1.82, 2.24) is 30.0 Å². The van der Waals surface area contributed by atoms with Gasteiger partial charge in [0, 0.05) is 41.8 Å². The van der Waals surface area contributed by atoms with Gasteiger partial charge in [-0.3, -0.25) is 19.2 Å². The summed E-state index contributed by atoms with van der Waals surface area (Å²) < 4.78 is 51.3. The first-order valence-electron chi connectivity index (χ1n) is 30.1. The fourth-order valence-corrected chi connectivity index (χ4v) is 10.0. The first-order valence-corrected chi connectivity index (χ1v) is 30.1. The molecule has 0 saturated heterocycles. The molecule has 0 bridgehead atoms. The number of likely N-dealkylation sites (N-methyl/N-ethyl adjacent to an activating group) is 2. The molecule has 0 aliphatic carbocycles. The lowest BCUT2D eigenvalue weighted by molar-refractivity contribution is -0.930. The molecule has 472 valence electrons. The average molecular weight is 1210 g/mol. The lowest BCUT2D eigenvalue weighted by atomic mass is 9.96. The molecule has 4 aromatic carbocycles. The molecule has 0 aliphatic heterocycles. The van der Waals surface area contributed by atoms with E-state index in [0.29, 0.717) is 122 Å². The number of benzene rings is 4. The number of carbonyl (C=O) groups is 4. The molecule has 0 spiro atoms. The van der Waals surface area contributed by atoms with Crippen LogP contribution < -0.4 is 29.6 Å². The summed E-state index contributed by atoms with van der Waals surface area (Å²) in [5.74, 6) is 0.328. The number of esters is 2. The first-order chi connectivity index (χ1) is 41.7. The van der Waals surface area contributed by atoms with Crippen molar-refractivity contribution in [2.45, 2.75) is 122 Å². The van der Waals surface area contributed by atoms with E-state index in [1.54, 1.807) is 33.9 Å². The van der Waals surface area contributed by atoms with Crippen LogP contribution in [-0.2, 0) is 77.5 Å². The minimum absolute atomic E-state index is 0.0521. The molecular weight excluding hydrogens is 1110 g/mol. The number of aromatic nitrogens is 6. The second-order valence-corrected chi connectivity index (χ2v) is 23.0. The fraction of sp³-hybridized carbons (Fsp3) is 0.508. The molecule has 6 rings (SSSR count).